The number of aromatic nitrogens is 2. The van der Waals surface area contributed by atoms with E-state index in [-0.39, 0.29) is 5.56 Å². The average Bonchev–Trinajstić information content (AvgIpc) is 2.47. The topological polar surface area (TPSA) is 76.1 Å². The number of unbranched alkanes of at least 4 members (excludes halogenated alkanes) is 1. The van der Waals surface area contributed by atoms with Crippen molar-refractivity contribution in [2.75, 3.05) is 19.0 Å². The highest BCUT2D eigenvalue weighted by molar-refractivity contribution is 5.54. The van der Waals surface area contributed by atoms with E-state index in [1.54, 1.807) is 7.11 Å². The summed E-state index contributed by atoms with van der Waals surface area (Å²) in [5, 5.41) is 3.00. The van der Waals surface area contributed by atoms with E-state index in [1.807, 2.05) is 30.3 Å². The molecule has 0 amide bonds. The van der Waals surface area contributed by atoms with Crippen LogP contribution in [0.25, 0.3) is 0 Å². The summed E-state index contributed by atoms with van der Waals surface area (Å²) in [6.45, 7) is 1.02. The Morgan fingerprint density at radius 2 is 1.95 bits per heavy atom. The highest BCUT2D eigenvalue weighted by atomic mass is 16.5. The van der Waals surface area contributed by atoms with Crippen LogP contribution in [0.1, 0.15) is 12.8 Å². The summed E-state index contributed by atoms with van der Waals surface area (Å²) < 4.78 is 6.14. The van der Waals surface area contributed by atoms with Crippen LogP contribution >= 0.6 is 0 Å². The van der Waals surface area contributed by atoms with Gasteiger partial charge < -0.3 is 10.1 Å². The number of hydrogen-bond donors (Lipinski definition) is 2. The van der Waals surface area contributed by atoms with Gasteiger partial charge in [-0.25, -0.2) is 4.79 Å². The van der Waals surface area contributed by atoms with E-state index in [0.717, 1.165) is 18.5 Å². The van der Waals surface area contributed by atoms with Crippen molar-refractivity contribution in [2.45, 2.75) is 19.4 Å². The van der Waals surface area contributed by atoms with Gasteiger partial charge in [0.15, 0.2) is 0 Å². The lowest BCUT2D eigenvalue weighted by atomic mass is 10.3. The molecular weight excluding hydrogens is 270 g/mol. The second-order valence-corrected chi connectivity index (χ2v) is 4.67. The number of ether oxygens (including phenoxy) is 1. The molecule has 0 fully saturated rings. The average molecular weight is 289 g/mol. The fraction of sp³-hybridized carbons (Fsp3) is 0.333. The molecule has 2 aromatic rings. The zero-order valence-corrected chi connectivity index (χ0v) is 12.0. The molecule has 6 nitrogen and oxygen atoms in total. The molecule has 0 spiro atoms. The van der Waals surface area contributed by atoms with Crippen LogP contribution in [-0.4, -0.2) is 23.3 Å². The van der Waals surface area contributed by atoms with Gasteiger partial charge in [-0.15, -0.1) is 0 Å². The van der Waals surface area contributed by atoms with Crippen molar-refractivity contribution in [1.82, 2.24) is 9.55 Å². The van der Waals surface area contributed by atoms with E-state index in [0.29, 0.717) is 19.0 Å². The lowest BCUT2D eigenvalue weighted by Crippen LogP contribution is -2.35. The molecule has 0 unspecified atom stereocenters. The third-order valence-corrected chi connectivity index (χ3v) is 3.05. The zero-order valence-electron chi connectivity index (χ0n) is 12.0. The first-order chi connectivity index (χ1) is 10.2. The maximum atomic E-state index is 12.0. The van der Waals surface area contributed by atoms with Crippen LogP contribution in [0.4, 0.5) is 11.5 Å². The van der Waals surface area contributed by atoms with E-state index in [4.69, 9.17) is 4.74 Å². The van der Waals surface area contributed by atoms with E-state index >= 15 is 0 Å². The second-order valence-electron chi connectivity index (χ2n) is 4.67. The predicted molar refractivity (Wildman–Crippen MR) is 82.2 cm³/mol. The molecule has 112 valence electrons. The van der Waals surface area contributed by atoms with Gasteiger partial charge in [-0.05, 0) is 25.0 Å². The molecule has 21 heavy (non-hydrogen) atoms. The third kappa shape index (κ3) is 4.32. The van der Waals surface area contributed by atoms with Crippen LogP contribution in [-0.2, 0) is 11.3 Å². The maximum Gasteiger partial charge on any atom is 0.329 e. The molecule has 2 N–H and O–H groups in total. The number of rotatable bonds is 7. The fourth-order valence-electron chi connectivity index (χ4n) is 1.99. The molecule has 0 aliphatic heterocycles. The molecular formula is C15H19N3O3. The van der Waals surface area contributed by atoms with Crippen molar-refractivity contribution >= 4 is 11.5 Å². The monoisotopic (exact) mass is 289 g/mol. The van der Waals surface area contributed by atoms with Gasteiger partial charge >= 0.3 is 5.69 Å². The largest absolute Gasteiger partial charge is 0.385 e. The van der Waals surface area contributed by atoms with Gasteiger partial charge in [0.25, 0.3) is 5.56 Å². The predicted octanol–water partition coefficient (Wildman–Crippen LogP) is 1.71. The van der Waals surface area contributed by atoms with Gasteiger partial charge in [-0.1, -0.05) is 18.2 Å². The minimum atomic E-state index is -0.404. The number of nitrogens with zero attached hydrogens (tertiary/aromatic N) is 1. The van der Waals surface area contributed by atoms with Crippen molar-refractivity contribution < 1.29 is 4.74 Å². The molecule has 0 saturated carbocycles. The van der Waals surface area contributed by atoms with Crippen LogP contribution < -0.4 is 16.6 Å². The Morgan fingerprint density at radius 1 is 1.19 bits per heavy atom. The number of H-pyrrole nitrogens is 1. The lowest BCUT2D eigenvalue weighted by molar-refractivity contribution is 0.191. The maximum absolute atomic E-state index is 12.0. The zero-order chi connectivity index (χ0) is 15.1. The molecule has 1 aromatic carbocycles. The van der Waals surface area contributed by atoms with E-state index in [2.05, 4.69) is 10.3 Å². The van der Waals surface area contributed by atoms with Gasteiger partial charge in [0.2, 0.25) is 0 Å². The Balaban J connectivity index is 2.10. The van der Waals surface area contributed by atoms with E-state index in [1.165, 1.54) is 10.6 Å². The second kappa shape index (κ2) is 7.44. The van der Waals surface area contributed by atoms with Crippen molar-refractivity contribution in [3.05, 3.63) is 57.2 Å². The van der Waals surface area contributed by atoms with Crippen LogP contribution in [0.5, 0.6) is 0 Å². The normalized spacial score (nSPS) is 10.5. The number of methoxy groups -OCH3 is 1. The minimum absolute atomic E-state index is 0.311. The van der Waals surface area contributed by atoms with Crippen molar-refractivity contribution in [3.8, 4) is 0 Å². The van der Waals surface area contributed by atoms with Crippen LogP contribution in [0, 0.1) is 0 Å². The summed E-state index contributed by atoms with van der Waals surface area (Å²) in [6.07, 6.45) is 1.54. The first kappa shape index (κ1) is 15.1. The lowest BCUT2D eigenvalue weighted by Gasteiger charge is -2.08. The highest BCUT2D eigenvalue weighted by Crippen LogP contribution is 2.10. The summed E-state index contributed by atoms with van der Waals surface area (Å²) in [5.74, 6) is 0.393. The summed E-state index contributed by atoms with van der Waals surface area (Å²) in [5.41, 5.74) is 0.0957. The Hall–Kier alpha value is -2.34. The first-order valence-electron chi connectivity index (χ1n) is 6.86. The van der Waals surface area contributed by atoms with Crippen molar-refractivity contribution in [2.24, 2.45) is 0 Å². The quantitative estimate of drug-likeness (QED) is 0.761. The van der Waals surface area contributed by atoms with E-state index < -0.39 is 5.69 Å². The van der Waals surface area contributed by atoms with Crippen molar-refractivity contribution in [3.63, 3.8) is 0 Å². The summed E-state index contributed by atoms with van der Waals surface area (Å²) in [4.78, 5) is 26.6. The summed E-state index contributed by atoms with van der Waals surface area (Å²) in [6, 6.07) is 10.7. The molecule has 1 heterocycles. The number of anilines is 2. The molecule has 0 aliphatic rings. The van der Waals surface area contributed by atoms with Gasteiger partial charge in [-0.3, -0.25) is 14.3 Å². The van der Waals surface area contributed by atoms with Gasteiger partial charge in [0.05, 0.1) is 0 Å². The number of hydrogen-bond acceptors (Lipinski definition) is 4. The molecule has 0 radical (unpaired) electrons. The van der Waals surface area contributed by atoms with Crippen LogP contribution in [0.3, 0.4) is 0 Å². The van der Waals surface area contributed by atoms with Gasteiger partial charge in [0.1, 0.15) is 5.82 Å². The fourth-order valence-corrected chi connectivity index (χ4v) is 1.99. The Morgan fingerprint density at radius 3 is 2.62 bits per heavy atom. The minimum Gasteiger partial charge on any atom is -0.385 e. The number of nitrogens with one attached hydrogen (secondary N) is 2. The molecule has 0 saturated heterocycles. The first-order valence-corrected chi connectivity index (χ1v) is 6.86. The van der Waals surface area contributed by atoms with Crippen LogP contribution in [0.2, 0.25) is 0 Å². The number of benzene rings is 1. The number of aromatic amines is 1. The highest BCUT2D eigenvalue weighted by Gasteiger charge is 2.04. The summed E-state index contributed by atoms with van der Waals surface area (Å²) >= 11 is 0. The molecule has 6 heteroatoms. The molecule has 0 aliphatic carbocycles. The van der Waals surface area contributed by atoms with Gasteiger partial charge in [-0.2, -0.15) is 0 Å². The number of para-hydroxylation sites is 1. The Bertz CT molecular complexity index is 645. The van der Waals surface area contributed by atoms with Gasteiger partial charge in [0, 0.05) is 32.0 Å². The molecule has 1 aromatic heterocycles. The van der Waals surface area contributed by atoms with Crippen molar-refractivity contribution in [1.29, 1.82) is 0 Å². The SMILES string of the molecule is COCCCCn1c(=O)cc(Nc2ccccc2)[nH]c1=O. The standard InChI is InChI=1S/C15H19N3O3/c1-21-10-6-5-9-18-14(19)11-13(17-15(18)20)16-12-7-3-2-4-8-12/h2-4,7-8,11,16H,5-6,9-10H2,1H3,(H,17,20). The van der Waals surface area contributed by atoms with E-state index in [9.17, 15) is 9.59 Å². The molecule has 0 bridgehead atoms. The Kier molecular flexibility index (Phi) is 5.34. The third-order valence-electron chi connectivity index (χ3n) is 3.05. The molecule has 0 atom stereocenters. The Labute approximate surface area is 122 Å². The summed E-state index contributed by atoms with van der Waals surface area (Å²) in [7, 11) is 1.63. The van der Waals surface area contributed by atoms with Crippen LogP contribution in [0.15, 0.2) is 46.0 Å². The smallest absolute Gasteiger partial charge is 0.329 e. The molecule has 2 rings (SSSR count).